The molecule has 0 spiro atoms. The molecule has 0 aromatic heterocycles. The Hall–Kier alpha value is -2.09. The minimum atomic E-state index is -2.96. The van der Waals surface area contributed by atoms with E-state index in [9.17, 15) is 13.6 Å². The molecule has 19 heavy (non-hydrogen) atoms. The van der Waals surface area contributed by atoms with Gasteiger partial charge in [-0.1, -0.05) is 36.3 Å². The monoisotopic (exact) mass is 265 g/mol. The van der Waals surface area contributed by atoms with Crippen LogP contribution in [0.25, 0.3) is 0 Å². The minimum absolute atomic E-state index is 0.0331. The first-order valence-electron chi connectivity index (χ1n) is 5.77. The number of hydrogen-bond donors (Lipinski definition) is 1. The molecule has 2 N–H and O–H groups in total. The smallest absolute Gasteiger partial charge is 0.406 e. The number of terminal acetylenes is 1. The summed E-state index contributed by atoms with van der Waals surface area (Å²) < 4.78 is 32.2. The summed E-state index contributed by atoms with van der Waals surface area (Å²) in [6.45, 7) is 0. The number of nitrogens with two attached hydrogens (primary N) is 1. The Morgan fingerprint density at radius 2 is 2.11 bits per heavy atom. The fourth-order valence-corrected chi connectivity index (χ4v) is 2.44. The molecular weight excluding hydrogens is 252 g/mol. The summed E-state index contributed by atoms with van der Waals surface area (Å²) in [5.41, 5.74) is 4.01. The topological polar surface area (TPSA) is 52.3 Å². The molecule has 1 fully saturated rings. The van der Waals surface area contributed by atoms with Crippen LogP contribution >= 0.6 is 0 Å². The first-order valence-corrected chi connectivity index (χ1v) is 5.77. The summed E-state index contributed by atoms with van der Waals surface area (Å²) in [6.07, 6.45) is 3.48. The number of alkyl halides is 2. The zero-order chi connectivity index (χ0) is 14.1. The minimum Gasteiger partial charge on any atom is -0.429 e. The number of rotatable bonds is 3. The zero-order valence-corrected chi connectivity index (χ0v) is 10.1. The second-order valence-corrected chi connectivity index (χ2v) is 4.64. The number of carbonyl (C=O) groups excluding carboxylic acids is 1. The molecule has 0 aliphatic heterocycles. The number of amides is 1. The molecule has 2 rings (SSSR count). The van der Waals surface area contributed by atoms with Gasteiger partial charge in [0.25, 0.3) is 5.92 Å². The highest BCUT2D eigenvalue weighted by Crippen LogP contribution is 2.54. The molecule has 100 valence electrons. The highest BCUT2D eigenvalue weighted by molar-refractivity contribution is 5.66. The molecule has 2 unspecified atom stereocenters. The van der Waals surface area contributed by atoms with Crippen LogP contribution in [0.1, 0.15) is 12.0 Å². The predicted molar refractivity (Wildman–Crippen MR) is 65.4 cm³/mol. The molecule has 0 saturated heterocycles. The number of ether oxygens (including phenoxy) is 1. The van der Waals surface area contributed by atoms with E-state index in [1.165, 1.54) is 0 Å². The molecular formula is C14H13F2NO2. The van der Waals surface area contributed by atoms with Gasteiger partial charge in [0.15, 0.2) is 5.60 Å². The molecule has 1 amide bonds. The first-order chi connectivity index (χ1) is 8.89. The Bertz CT molecular complexity index is 524. The number of primary amides is 1. The number of carbonyl (C=O) groups is 1. The SMILES string of the molecule is C#CC1(OC(N)=O)CC(F)(F)C1Cc1ccccc1. The molecule has 1 aliphatic rings. The fourth-order valence-electron chi connectivity index (χ4n) is 2.44. The van der Waals surface area contributed by atoms with Gasteiger partial charge in [0.05, 0.1) is 12.3 Å². The lowest BCUT2D eigenvalue weighted by atomic mass is 9.64. The standard InChI is InChI=1S/C14H13F2NO2/c1-2-13(19-12(17)18)9-14(15,16)11(13)8-10-6-4-3-5-7-10/h1,3-7,11H,8-9H2,(H2,17,18). The fraction of sp³-hybridized carbons (Fsp3) is 0.357. The van der Waals surface area contributed by atoms with E-state index >= 15 is 0 Å². The maximum atomic E-state index is 13.7. The quantitative estimate of drug-likeness (QED) is 0.853. The summed E-state index contributed by atoms with van der Waals surface area (Å²) in [7, 11) is 0. The Morgan fingerprint density at radius 1 is 1.47 bits per heavy atom. The van der Waals surface area contributed by atoms with Crippen LogP contribution in [0.3, 0.4) is 0 Å². The van der Waals surface area contributed by atoms with Crippen molar-refractivity contribution < 1.29 is 18.3 Å². The highest BCUT2D eigenvalue weighted by Gasteiger charge is 2.67. The average Bonchev–Trinajstić information content (AvgIpc) is 2.35. The van der Waals surface area contributed by atoms with Gasteiger partial charge >= 0.3 is 6.09 Å². The van der Waals surface area contributed by atoms with Crippen LogP contribution in [0.4, 0.5) is 13.6 Å². The average molecular weight is 265 g/mol. The molecule has 5 heteroatoms. The molecule has 0 bridgehead atoms. The summed E-state index contributed by atoms with van der Waals surface area (Å²) in [5.74, 6) is -2.04. The van der Waals surface area contributed by atoms with Crippen molar-refractivity contribution in [1.82, 2.24) is 0 Å². The van der Waals surface area contributed by atoms with Crippen molar-refractivity contribution in [3.63, 3.8) is 0 Å². The molecule has 0 radical (unpaired) electrons. The highest BCUT2D eigenvalue weighted by atomic mass is 19.3. The van der Waals surface area contributed by atoms with Crippen molar-refractivity contribution in [3.05, 3.63) is 35.9 Å². The van der Waals surface area contributed by atoms with Gasteiger partial charge in [-0.05, 0) is 12.0 Å². The van der Waals surface area contributed by atoms with Crippen molar-refractivity contribution in [1.29, 1.82) is 0 Å². The third-order valence-electron chi connectivity index (χ3n) is 3.38. The van der Waals surface area contributed by atoms with E-state index in [0.29, 0.717) is 5.56 Å². The van der Waals surface area contributed by atoms with Gasteiger partial charge in [-0.25, -0.2) is 13.6 Å². The number of hydrogen-bond acceptors (Lipinski definition) is 2. The Balaban J connectivity index is 2.24. The normalized spacial score (nSPS) is 27.9. The number of halogens is 2. The van der Waals surface area contributed by atoms with E-state index < -0.39 is 30.0 Å². The van der Waals surface area contributed by atoms with E-state index in [0.717, 1.165) is 0 Å². The lowest BCUT2D eigenvalue weighted by Gasteiger charge is -2.50. The molecule has 1 aromatic rings. The summed E-state index contributed by atoms with van der Waals surface area (Å²) in [6, 6.07) is 8.73. The van der Waals surface area contributed by atoms with Crippen LogP contribution < -0.4 is 5.73 Å². The van der Waals surface area contributed by atoms with Gasteiger partial charge in [0.2, 0.25) is 0 Å². The van der Waals surface area contributed by atoms with Crippen molar-refractivity contribution in [2.24, 2.45) is 11.7 Å². The van der Waals surface area contributed by atoms with Crippen molar-refractivity contribution in [2.75, 3.05) is 0 Å². The first kappa shape index (κ1) is 13.3. The maximum absolute atomic E-state index is 13.7. The second kappa shape index (κ2) is 4.54. The lowest BCUT2D eigenvalue weighted by Crippen LogP contribution is -2.64. The summed E-state index contributed by atoms with van der Waals surface area (Å²) in [5, 5.41) is 0. The van der Waals surface area contributed by atoms with Crippen LogP contribution in [0.15, 0.2) is 30.3 Å². The number of benzene rings is 1. The van der Waals surface area contributed by atoms with Gasteiger partial charge in [0, 0.05) is 0 Å². The van der Waals surface area contributed by atoms with Crippen molar-refractivity contribution in [3.8, 4) is 12.3 Å². The van der Waals surface area contributed by atoms with E-state index in [-0.39, 0.29) is 6.42 Å². The van der Waals surface area contributed by atoms with Crippen LogP contribution in [-0.4, -0.2) is 17.6 Å². The van der Waals surface area contributed by atoms with Gasteiger partial charge in [-0.15, -0.1) is 6.42 Å². The third-order valence-corrected chi connectivity index (χ3v) is 3.38. The Labute approximate surface area is 109 Å². The summed E-state index contributed by atoms with van der Waals surface area (Å²) in [4.78, 5) is 10.8. The van der Waals surface area contributed by atoms with Crippen LogP contribution in [0, 0.1) is 18.3 Å². The maximum Gasteiger partial charge on any atom is 0.406 e. The van der Waals surface area contributed by atoms with Crippen molar-refractivity contribution in [2.45, 2.75) is 24.4 Å². The van der Waals surface area contributed by atoms with Crippen molar-refractivity contribution >= 4 is 6.09 Å². The zero-order valence-electron chi connectivity index (χ0n) is 10.1. The summed E-state index contributed by atoms with van der Waals surface area (Å²) >= 11 is 0. The van der Waals surface area contributed by atoms with Gasteiger partial charge in [-0.2, -0.15) is 0 Å². The van der Waals surface area contributed by atoms with Crippen LogP contribution in [0.5, 0.6) is 0 Å². The lowest BCUT2D eigenvalue weighted by molar-refractivity contribution is -0.233. The predicted octanol–water partition coefficient (Wildman–Crippen LogP) is 2.35. The van der Waals surface area contributed by atoms with Gasteiger partial charge in [0.1, 0.15) is 0 Å². The van der Waals surface area contributed by atoms with E-state index in [1.54, 1.807) is 30.3 Å². The third kappa shape index (κ3) is 2.39. The molecule has 0 heterocycles. The largest absolute Gasteiger partial charge is 0.429 e. The molecule has 3 nitrogen and oxygen atoms in total. The molecule has 1 aromatic carbocycles. The van der Waals surface area contributed by atoms with Gasteiger partial charge in [-0.3, -0.25) is 0 Å². The Kier molecular flexibility index (Phi) is 3.19. The molecule has 1 saturated carbocycles. The Morgan fingerprint density at radius 3 is 2.58 bits per heavy atom. The second-order valence-electron chi connectivity index (χ2n) is 4.64. The van der Waals surface area contributed by atoms with E-state index in [2.05, 4.69) is 5.92 Å². The van der Waals surface area contributed by atoms with E-state index in [1.807, 2.05) is 0 Å². The van der Waals surface area contributed by atoms with Crippen LogP contribution in [0.2, 0.25) is 0 Å². The molecule has 1 aliphatic carbocycles. The van der Waals surface area contributed by atoms with E-state index in [4.69, 9.17) is 16.9 Å². The molecule has 2 atom stereocenters. The van der Waals surface area contributed by atoms with Crippen LogP contribution in [-0.2, 0) is 11.2 Å². The van der Waals surface area contributed by atoms with Gasteiger partial charge < -0.3 is 10.5 Å².